The molecule has 1 amide bonds. The van der Waals surface area contributed by atoms with Gasteiger partial charge in [0.15, 0.2) is 0 Å². The van der Waals surface area contributed by atoms with Gasteiger partial charge in [-0.3, -0.25) is 14.3 Å². The molecule has 1 aliphatic carbocycles. The molecule has 37 heavy (non-hydrogen) atoms. The van der Waals surface area contributed by atoms with E-state index in [4.69, 9.17) is 15.6 Å². The van der Waals surface area contributed by atoms with Gasteiger partial charge in [-0.25, -0.2) is 0 Å². The summed E-state index contributed by atoms with van der Waals surface area (Å²) < 4.78 is 7.59. The molecule has 0 unspecified atom stereocenters. The van der Waals surface area contributed by atoms with Crippen molar-refractivity contribution in [2.45, 2.75) is 44.6 Å². The molecule has 3 aromatic rings. The molecule has 4 N–H and O–H groups in total. The van der Waals surface area contributed by atoms with Gasteiger partial charge < -0.3 is 25.8 Å². The molecule has 0 spiro atoms. The van der Waals surface area contributed by atoms with Gasteiger partial charge in [-0.2, -0.15) is 15.1 Å². The van der Waals surface area contributed by atoms with Gasteiger partial charge in [0.2, 0.25) is 11.8 Å². The van der Waals surface area contributed by atoms with Crippen LogP contribution in [0.4, 0.5) is 17.5 Å². The number of carboxylic acid groups (broad SMARTS) is 1. The average molecular weight is 506 g/mol. The number of nitrogens with one attached hydrogen (secondary N) is 1. The maximum absolute atomic E-state index is 13.5. The topological polar surface area (TPSA) is 148 Å². The van der Waals surface area contributed by atoms with Crippen LogP contribution in [0, 0.1) is 5.92 Å². The average Bonchev–Trinajstić information content (AvgIpc) is 3.34. The standard InChI is InChI=1S/C26H31N7O4/c27-23-22-24(31-26(30-23)28-11-13-32-12-1-10-29-32)37-15-14-33(25(22)36)20-8-6-19(7-9-20)18-4-2-17(3-5-18)16-21(34)35/h1,6-10,12,17-18H,2-5,11,13-16H2,(H,34,35)(H3,27,28,30,31). The van der Waals surface area contributed by atoms with Gasteiger partial charge in [0, 0.05) is 31.0 Å². The van der Waals surface area contributed by atoms with E-state index >= 15 is 0 Å². The molecule has 0 radical (unpaired) electrons. The highest BCUT2D eigenvalue weighted by molar-refractivity contribution is 6.10. The Morgan fingerprint density at radius 2 is 1.95 bits per heavy atom. The maximum Gasteiger partial charge on any atom is 0.303 e. The minimum atomic E-state index is -0.718. The van der Waals surface area contributed by atoms with Crippen molar-refractivity contribution in [3.8, 4) is 5.88 Å². The number of anilines is 3. The van der Waals surface area contributed by atoms with Crippen LogP contribution in [0.25, 0.3) is 0 Å². The predicted octanol–water partition coefficient (Wildman–Crippen LogP) is 3.16. The molecule has 2 aliphatic rings. The number of nitrogen functional groups attached to an aromatic ring is 1. The number of carbonyl (C=O) groups excluding carboxylic acids is 1. The molecular weight excluding hydrogens is 474 g/mol. The van der Waals surface area contributed by atoms with Crippen LogP contribution in [0.2, 0.25) is 0 Å². The molecule has 11 heteroatoms. The number of aliphatic carboxylic acids is 1. The highest BCUT2D eigenvalue weighted by Gasteiger charge is 2.30. The SMILES string of the molecule is Nc1nc(NCCn2cccn2)nc2c1C(=O)N(c1ccc(C3CCC(CC(=O)O)CC3)cc1)CCO2. The first-order valence-corrected chi connectivity index (χ1v) is 12.6. The number of benzene rings is 1. The summed E-state index contributed by atoms with van der Waals surface area (Å²) in [5.41, 5.74) is 8.33. The first kappa shape index (κ1) is 24.5. The Labute approximate surface area is 214 Å². The van der Waals surface area contributed by atoms with Crippen molar-refractivity contribution in [2.75, 3.05) is 35.6 Å². The second kappa shape index (κ2) is 10.9. The number of amides is 1. The summed E-state index contributed by atoms with van der Waals surface area (Å²) in [6.45, 7) is 1.79. The first-order chi connectivity index (χ1) is 18.0. The van der Waals surface area contributed by atoms with Crippen molar-refractivity contribution < 1.29 is 19.4 Å². The van der Waals surface area contributed by atoms with Gasteiger partial charge in [0.05, 0.1) is 13.1 Å². The fourth-order valence-electron chi connectivity index (χ4n) is 5.15. The quantitative estimate of drug-likeness (QED) is 0.420. The van der Waals surface area contributed by atoms with Crippen molar-refractivity contribution >= 4 is 29.3 Å². The third-order valence-electron chi connectivity index (χ3n) is 7.09. The highest BCUT2D eigenvalue weighted by Crippen LogP contribution is 2.38. The summed E-state index contributed by atoms with van der Waals surface area (Å²) in [6, 6.07) is 9.87. The van der Waals surface area contributed by atoms with Crippen LogP contribution in [-0.4, -0.2) is 56.4 Å². The molecule has 0 bridgehead atoms. The van der Waals surface area contributed by atoms with E-state index in [0.29, 0.717) is 31.5 Å². The van der Waals surface area contributed by atoms with E-state index in [1.807, 2.05) is 24.4 Å². The lowest BCUT2D eigenvalue weighted by Crippen LogP contribution is -2.32. The largest absolute Gasteiger partial charge is 0.481 e. The van der Waals surface area contributed by atoms with Crippen LogP contribution >= 0.6 is 0 Å². The van der Waals surface area contributed by atoms with E-state index in [1.165, 1.54) is 5.56 Å². The molecule has 1 aromatic carbocycles. The Morgan fingerprint density at radius 3 is 2.65 bits per heavy atom. The molecule has 3 heterocycles. The van der Waals surface area contributed by atoms with Crippen LogP contribution < -0.4 is 20.7 Å². The fraction of sp³-hybridized carbons (Fsp3) is 0.423. The van der Waals surface area contributed by atoms with Gasteiger partial charge >= 0.3 is 5.97 Å². The lowest BCUT2D eigenvalue weighted by atomic mass is 9.77. The maximum atomic E-state index is 13.5. The number of ether oxygens (including phenoxy) is 1. The van der Waals surface area contributed by atoms with Crippen LogP contribution in [0.15, 0.2) is 42.7 Å². The molecule has 194 valence electrons. The Bertz CT molecular complexity index is 1240. The fourth-order valence-corrected chi connectivity index (χ4v) is 5.15. The van der Waals surface area contributed by atoms with E-state index in [1.54, 1.807) is 15.8 Å². The zero-order chi connectivity index (χ0) is 25.8. The lowest BCUT2D eigenvalue weighted by Gasteiger charge is -2.28. The molecular formula is C26H31N7O4. The third-order valence-corrected chi connectivity index (χ3v) is 7.09. The van der Waals surface area contributed by atoms with E-state index in [2.05, 4.69) is 32.5 Å². The number of hydrogen-bond acceptors (Lipinski definition) is 8. The Morgan fingerprint density at radius 1 is 1.16 bits per heavy atom. The summed E-state index contributed by atoms with van der Waals surface area (Å²) in [7, 11) is 0. The number of carboxylic acids is 1. The minimum Gasteiger partial charge on any atom is -0.481 e. The Hall–Kier alpha value is -4.15. The lowest BCUT2D eigenvalue weighted by molar-refractivity contribution is -0.138. The van der Waals surface area contributed by atoms with Crippen LogP contribution in [0.3, 0.4) is 0 Å². The summed E-state index contributed by atoms with van der Waals surface area (Å²) >= 11 is 0. The summed E-state index contributed by atoms with van der Waals surface area (Å²) in [6.07, 6.45) is 7.64. The zero-order valence-electron chi connectivity index (χ0n) is 20.5. The number of rotatable bonds is 8. The second-order valence-corrected chi connectivity index (χ2v) is 9.52. The molecule has 0 saturated heterocycles. The van der Waals surface area contributed by atoms with Crippen molar-refractivity contribution in [2.24, 2.45) is 5.92 Å². The first-order valence-electron chi connectivity index (χ1n) is 12.6. The summed E-state index contributed by atoms with van der Waals surface area (Å²) in [5, 5.41) is 16.3. The number of carbonyl (C=O) groups is 2. The number of hydrogen-bond donors (Lipinski definition) is 3. The van der Waals surface area contributed by atoms with Crippen LogP contribution in [0.1, 0.15) is 53.9 Å². The van der Waals surface area contributed by atoms with Crippen molar-refractivity contribution in [1.82, 2.24) is 19.7 Å². The third kappa shape index (κ3) is 5.65. The molecule has 1 aliphatic heterocycles. The number of aromatic nitrogens is 4. The summed E-state index contributed by atoms with van der Waals surface area (Å²) in [5.74, 6) is 0.204. The van der Waals surface area contributed by atoms with Crippen molar-refractivity contribution in [3.05, 3.63) is 53.9 Å². The van der Waals surface area contributed by atoms with Crippen LogP contribution in [0.5, 0.6) is 5.88 Å². The van der Waals surface area contributed by atoms with Gasteiger partial charge in [-0.15, -0.1) is 0 Å². The Balaban J connectivity index is 1.25. The monoisotopic (exact) mass is 505 g/mol. The van der Waals surface area contributed by atoms with E-state index < -0.39 is 5.97 Å². The van der Waals surface area contributed by atoms with Gasteiger partial charge in [0.25, 0.3) is 5.91 Å². The number of nitrogens with zero attached hydrogens (tertiary/aromatic N) is 5. The van der Waals surface area contributed by atoms with E-state index in [9.17, 15) is 9.59 Å². The molecule has 5 rings (SSSR count). The summed E-state index contributed by atoms with van der Waals surface area (Å²) in [4.78, 5) is 34.8. The zero-order valence-corrected chi connectivity index (χ0v) is 20.5. The number of fused-ring (bicyclic) bond motifs is 1. The van der Waals surface area contributed by atoms with Crippen molar-refractivity contribution in [3.63, 3.8) is 0 Å². The smallest absolute Gasteiger partial charge is 0.303 e. The van der Waals surface area contributed by atoms with E-state index in [0.717, 1.165) is 31.4 Å². The van der Waals surface area contributed by atoms with Gasteiger partial charge in [-0.05, 0) is 61.3 Å². The minimum absolute atomic E-state index is 0.0678. The van der Waals surface area contributed by atoms with Crippen molar-refractivity contribution in [1.29, 1.82) is 0 Å². The number of nitrogens with two attached hydrogens (primary N) is 1. The van der Waals surface area contributed by atoms with Gasteiger partial charge in [0.1, 0.15) is 18.0 Å². The second-order valence-electron chi connectivity index (χ2n) is 9.52. The van der Waals surface area contributed by atoms with Gasteiger partial charge in [-0.1, -0.05) is 12.1 Å². The molecule has 11 nitrogen and oxygen atoms in total. The van der Waals surface area contributed by atoms with Crippen LogP contribution in [-0.2, 0) is 11.3 Å². The molecule has 0 atom stereocenters. The van der Waals surface area contributed by atoms with E-state index in [-0.39, 0.29) is 42.1 Å². The Kier molecular flexibility index (Phi) is 7.20. The highest BCUT2D eigenvalue weighted by atomic mass is 16.5. The predicted molar refractivity (Wildman–Crippen MR) is 138 cm³/mol. The molecule has 1 saturated carbocycles. The molecule has 1 fully saturated rings. The normalized spacial score (nSPS) is 19.6. The molecule has 2 aromatic heterocycles.